The molecule has 0 radical (unpaired) electrons. The number of carbonyl (C=O) groups is 1. The van der Waals surface area contributed by atoms with Gasteiger partial charge < -0.3 is 9.64 Å². The molecule has 2 aliphatic rings. The summed E-state index contributed by atoms with van der Waals surface area (Å²) in [6.45, 7) is 13.2. The normalized spacial score (nSPS) is 25.1. The van der Waals surface area contributed by atoms with Gasteiger partial charge in [0.15, 0.2) is 6.23 Å². The monoisotopic (exact) mass is 389 g/mol. The number of halogens is 1. The standard InChI is InChI=1S/C20H24BrNO2/c1-6-19(4,5)20-12-17(23)24-18(20)22(10-9-13(2)3)16-11-14(21)7-8-15(16)20/h6-9,11,18H,1,10,12H2,2-5H3/t18-,20+/m0/s1. The molecule has 0 aliphatic carbocycles. The van der Waals surface area contributed by atoms with E-state index in [2.05, 4.69) is 73.3 Å². The highest BCUT2D eigenvalue weighted by atomic mass is 79.9. The summed E-state index contributed by atoms with van der Waals surface area (Å²) < 4.78 is 6.87. The topological polar surface area (TPSA) is 29.5 Å². The van der Waals surface area contributed by atoms with Crippen molar-refractivity contribution in [3.63, 3.8) is 0 Å². The molecule has 0 amide bonds. The zero-order chi connectivity index (χ0) is 17.7. The molecule has 2 aliphatic heterocycles. The highest BCUT2D eigenvalue weighted by Crippen LogP contribution is 2.60. The van der Waals surface area contributed by atoms with Crippen LogP contribution in [0.1, 0.15) is 39.7 Å². The number of hydrogen-bond acceptors (Lipinski definition) is 3. The third-order valence-electron chi connectivity index (χ3n) is 5.48. The van der Waals surface area contributed by atoms with E-state index in [0.29, 0.717) is 6.42 Å². The van der Waals surface area contributed by atoms with Crippen molar-refractivity contribution >= 4 is 27.6 Å². The lowest BCUT2D eigenvalue weighted by molar-refractivity contribution is -0.141. The lowest BCUT2D eigenvalue weighted by atomic mass is 9.61. The van der Waals surface area contributed by atoms with Gasteiger partial charge in [0.05, 0.1) is 11.8 Å². The lowest BCUT2D eigenvalue weighted by Crippen LogP contribution is -2.50. The Hall–Kier alpha value is -1.55. The van der Waals surface area contributed by atoms with Gasteiger partial charge in [0.25, 0.3) is 0 Å². The molecule has 1 aromatic carbocycles. The molecule has 0 aromatic heterocycles. The second kappa shape index (κ2) is 5.76. The van der Waals surface area contributed by atoms with Crippen LogP contribution in [-0.2, 0) is 14.9 Å². The van der Waals surface area contributed by atoms with E-state index in [0.717, 1.165) is 16.7 Å². The number of rotatable bonds is 4. The first-order valence-corrected chi connectivity index (χ1v) is 9.05. The minimum Gasteiger partial charge on any atom is -0.440 e. The molecular formula is C20H24BrNO2. The number of anilines is 1. The molecule has 1 saturated heterocycles. The van der Waals surface area contributed by atoms with Crippen LogP contribution in [0.15, 0.2) is 47.0 Å². The molecule has 128 valence electrons. The van der Waals surface area contributed by atoms with Gasteiger partial charge in [-0.05, 0) is 37.0 Å². The van der Waals surface area contributed by atoms with Gasteiger partial charge in [-0.25, -0.2) is 0 Å². The molecule has 3 nitrogen and oxygen atoms in total. The first-order chi connectivity index (χ1) is 11.2. The van der Waals surface area contributed by atoms with Gasteiger partial charge in [-0.3, -0.25) is 4.79 Å². The van der Waals surface area contributed by atoms with Crippen LogP contribution >= 0.6 is 15.9 Å². The maximum absolute atomic E-state index is 12.3. The first kappa shape index (κ1) is 17.3. The van der Waals surface area contributed by atoms with E-state index in [1.165, 1.54) is 11.1 Å². The number of fused-ring (bicyclic) bond motifs is 3. The van der Waals surface area contributed by atoms with E-state index in [1.54, 1.807) is 0 Å². The number of carbonyl (C=O) groups excluding carboxylic acids is 1. The average Bonchev–Trinajstić information content (AvgIpc) is 2.97. The Morgan fingerprint density at radius 1 is 1.50 bits per heavy atom. The molecule has 24 heavy (non-hydrogen) atoms. The minimum atomic E-state index is -0.405. The van der Waals surface area contributed by atoms with Gasteiger partial charge in [-0.15, -0.1) is 6.58 Å². The number of allylic oxidation sites excluding steroid dienone is 2. The second-order valence-electron chi connectivity index (χ2n) is 7.51. The summed E-state index contributed by atoms with van der Waals surface area (Å²) in [4.78, 5) is 14.5. The van der Waals surface area contributed by atoms with Crippen molar-refractivity contribution in [3.8, 4) is 0 Å². The Morgan fingerprint density at radius 3 is 2.83 bits per heavy atom. The van der Waals surface area contributed by atoms with Crippen LogP contribution < -0.4 is 4.90 Å². The van der Waals surface area contributed by atoms with Crippen LogP contribution in [0.3, 0.4) is 0 Å². The second-order valence-corrected chi connectivity index (χ2v) is 8.43. The average molecular weight is 390 g/mol. The SMILES string of the molecule is C=CC(C)(C)[C@@]12CC(=O)O[C@@H]1N(CC=C(C)C)c1cc(Br)ccc12. The van der Waals surface area contributed by atoms with Crippen LogP contribution in [0.4, 0.5) is 5.69 Å². The van der Waals surface area contributed by atoms with Crippen LogP contribution in [-0.4, -0.2) is 18.7 Å². The molecular weight excluding hydrogens is 366 g/mol. The Bertz CT molecular complexity index is 733. The van der Waals surface area contributed by atoms with Gasteiger partial charge in [0, 0.05) is 16.7 Å². The van der Waals surface area contributed by atoms with Crippen LogP contribution in [0.25, 0.3) is 0 Å². The molecule has 3 rings (SSSR count). The zero-order valence-corrected chi connectivity index (χ0v) is 16.3. The summed E-state index contributed by atoms with van der Waals surface area (Å²) in [6, 6.07) is 6.30. The predicted molar refractivity (Wildman–Crippen MR) is 101 cm³/mol. The van der Waals surface area contributed by atoms with Crippen molar-refractivity contribution in [1.82, 2.24) is 0 Å². The number of nitrogens with zero attached hydrogens (tertiary/aromatic N) is 1. The Balaban J connectivity index is 2.23. The Morgan fingerprint density at radius 2 is 2.21 bits per heavy atom. The molecule has 0 unspecified atom stereocenters. The molecule has 1 aromatic rings. The summed E-state index contributed by atoms with van der Waals surface area (Å²) >= 11 is 3.58. The molecule has 1 fully saturated rings. The van der Waals surface area contributed by atoms with E-state index in [-0.39, 0.29) is 17.6 Å². The fourth-order valence-corrected chi connectivity index (χ4v) is 4.28. The van der Waals surface area contributed by atoms with E-state index in [9.17, 15) is 4.79 Å². The van der Waals surface area contributed by atoms with Crippen molar-refractivity contribution in [2.45, 2.75) is 45.8 Å². The highest BCUT2D eigenvalue weighted by molar-refractivity contribution is 9.10. The molecule has 4 heteroatoms. The van der Waals surface area contributed by atoms with Crippen LogP contribution in [0.5, 0.6) is 0 Å². The molecule has 2 atom stereocenters. The van der Waals surface area contributed by atoms with Crippen molar-refractivity contribution in [2.24, 2.45) is 5.41 Å². The minimum absolute atomic E-state index is 0.134. The van der Waals surface area contributed by atoms with E-state index in [4.69, 9.17) is 4.74 Å². The maximum atomic E-state index is 12.3. The zero-order valence-electron chi connectivity index (χ0n) is 14.7. The van der Waals surface area contributed by atoms with E-state index >= 15 is 0 Å². The summed E-state index contributed by atoms with van der Waals surface area (Å²) in [7, 11) is 0. The van der Waals surface area contributed by atoms with E-state index in [1.807, 2.05) is 12.1 Å². The number of benzene rings is 1. The summed E-state index contributed by atoms with van der Waals surface area (Å²) in [5.74, 6) is -0.134. The Labute approximate surface area is 152 Å². The third-order valence-corrected chi connectivity index (χ3v) is 5.97. The van der Waals surface area contributed by atoms with Crippen molar-refractivity contribution in [3.05, 3.63) is 52.5 Å². The fraction of sp³-hybridized carbons (Fsp3) is 0.450. The quantitative estimate of drug-likeness (QED) is 0.538. The Kier molecular flexibility index (Phi) is 4.15. The van der Waals surface area contributed by atoms with Crippen LogP contribution in [0, 0.1) is 5.41 Å². The van der Waals surface area contributed by atoms with Gasteiger partial charge in [-0.2, -0.15) is 0 Å². The first-order valence-electron chi connectivity index (χ1n) is 8.26. The molecule has 2 heterocycles. The van der Waals surface area contributed by atoms with Gasteiger partial charge >= 0.3 is 5.97 Å². The van der Waals surface area contributed by atoms with E-state index < -0.39 is 5.41 Å². The summed E-state index contributed by atoms with van der Waals surface area (Å²) in [5, 5.41) is 0. The third kappa shape index (κ3) is 2.34. The van der Waals surface area contributed by atoms with Gasteiger partial charge in [0.2, 0.25) is 0 Å². The largest absolute Gasteiger partial charge is 0.440 e. The summed E-state index contributed by atoms with van der Waals surface area (Å²) in [6.07, 6.45) is 4.22. The molecule has 0 spiro atoms. The maximum Gasteiger partial charge on any atom is 0.308 e. The fourth-order valence-electron chi connectivity index (χ4n) is 3.94. The smallest absolute Gasteiger partial charge is 0.308 e. The molecule has 0 N–H and O–H groups in total. The molecule has 0 saturated carbocycles. The van der Waals surface area contributed by atoms with Crippen molar-refractivity contribution < 1.29 is 9.53 Å². The number of ether oxygens (including phenoxy) is 1. The summed E-state index contributed by atoms with van der Waals surface area (Å²) in [5.41, 5.74) is 2.88. The predicted octanol–water partition coefficient (Wildman–Crippen LogP) is 4.96. The highest BCUT2D eigenvalue weighted by Gasteiger charge is 2.64. The van der Waals surface area contributed by atoms with Gasteiger partial charge in [-0.1, -0.05) is 53.6 Å². The molecule has 0 bridgehead atoms. The van der Waals surface area contributed by atoms with Gasteiger partial charge in [0.1, 0.15) is 0 Å². The lowest BCUT2D eigenvalue weighted by Gasteiger charge is -2.41. The van der Waals surface area contributed by atoms with Crippen molar-refractivity contribution in [2.75, 3.05) is 11.4 Å². The number of esters is 1. The van der Waals surface area contributed by atoms with Crippen LogP contribution in [0.2, 0.25) is 0 Å². The number of hydrogen-bond donors (Lipinski definition) is 0. The van der Waals surface area contributed by atoms with Crippen molar-refractivity contribution in [1.29, 1.82) is 0 Å².